The third kappa shape index (κ3) is 22.5. The quantitative estimate of drug-likeness (QED) is 0.0506. The van der Waals surface area contributed by atoms with E-state index in [2.05, 4.69) is 16.0 Å². The van der Waals surface area contributed by atoms with Crippen molar-refractivity contribution < 1.29 is 39.0 Å². The molecule has 0 spiro atoms. The zero-order valence-electron chi connectivity index (χ0n) is 28.0. The molecule has 0 aromatic rings. The molecule has 0 aromatic carbocycles. The number of carboxylic acids is 2. The standard InChI is InChI=1S/C35H61N3O8/c39-25-17-15-13-11-9-7-5-3-1-2-4-6-8-10-12-14-16-18-31(40)36-26-28-19-21-29(22-20-28)34(44)38-30(35(45)46)23-24-32(41)37-27-33(42)43/h25,28-30H,1-24,26-27H2,(H,36,40)(H,37,41)(H,38,44)(H,42,43)(H,45,46). The lowest BCUT2D eigenvalue weighted by Gasteiger charge is -2.28. The van der Waals surface area contributed by atoms with Gasteiger partial charge >= 0.3 is 11.9 Å². The molecule has 1 saturated carbocycles. The predicted octanol–water partition coefficient (Wildman–Crippen LogP) is 5.68. The molecular formula is C35H61N3O8. The van der Waals surface area contributed by atoms with Gasteiger partial charge in [0.15, 0.2) is 0 Å². The zero-order valence-corrected chi connectivity index (χ0v) is 28.0. The number of hydrogen-bond donors (Lipinski definition) is 5. The van der Waals surface area contributed by atoms with E-state index in [1.54, 1.807) is 0 Å². The summed E-state index contributed by atoms with van der Waals surface area (Å²) in [6.07, 6.45) is 24.5. The van der Waals surface area contributed by atoms with Crippen LogP contribution >= 0.6 is 0 Å². The number of aldehydes is 1. The summed E-state index contributed by atoms with van der Waals surface area (Å²) >= 11 is 0. The van der Waals surface area contributed by atoms with E-state index in [1.165, 1.54) is 83.5 Å². The van der Waals surface area contributed by atoms with Crippen molar-refractivity contribution in [3.8, 4) is 0 Å². The summed E-state index contributed by atoms with van der Waals surface area (Å²) in [6, 6.07) is -1.22. The molecule has 1 aliphatic carbocycles. The molecule has 0 heterocycles. The number of rotatable bonds is 29. The molecule has 11 heteroatoms. The molecule has 264 valence electrons. The maximum Gasteiger partial charge on any atom is 0.326 e. The van der Waals surface area contributed by atoms with E-state index < -0.39 is 30.4 Å². The largest absolute Gasteiger partial charge is 0.480 e. The van der Waals surface area contributed by atoms with Crippen molar-refractivity contribution in [1.82, 2.24) is 16.0 Å². The predicted molar refractivity (Wildman–Crippen MR) is 177 cm³/mol. The van der Waals surface area contributed by atoms with Gasteiger partial charge in [0.05, 0.1) is 0 Å². The van der Waals surface area contributed by atoms with E-state index in [9.17, 15) is 33.9 Å². The zero-order chi connectivity index (χ0) is 33.8. The van der Waals surface area contributed by atoms with Gasteiger partial charge in [-0.15, -0.1) is 0 Å². The Labute approximate surface area is 275 Å². The number of carbonyl (C=O) groups is 6. The molecular weight excluding hydrogens is 590 g/mol. The summed E-state index contributed by atoms with van der Waals surface area (Å²) in [7, 11) is 0. The Kier molecular flexibility index (Phi) is 24.2. The van der Waals surface area contributed by atoms with E-state index in [-0.39, 0.29) is 30.6 Å². The molecule has 1 atom stereocenters. The van der Waals surface area contributed by atoms with Crippen LogP contribution in [0.5, 0.6) is 0 Å². The van der Waals surface area contributed by atoms with E-state index in [1.807, 2.05) is 0 Å². The van der Waals surface area contributed by atoms with Gasteiger partial charge in [-0.1, -0.05) is 89.9 Å². The van der Waals surface area contributed by atoms with Crippen molar-refractivity contribution in [2.75, 3.05) is 13.1 Å². The first-order valence-electron chi connectivity index (χ1n) is 17.9. The summed E-state index contributed by atoms with van der Waals surface area (Å²) in [5, 5.41) is 25.8. The van der Waals surface area contributed by atoms with Gasteiger partial charge in [0, 0.05) is 31.7 Å². The minimum atomic E-state index is -1.24. The molecule has 0 aliphatic heterocycles. The molecule has 0 bridgehead atoms. The van der Waals surface area contributed by atoms with E-state index >= 15 is 0 Å². The third-order valence-electron chi connectivity index (χ3n) is 8.99. The number of unbranched alkanes of at least 4 members (excludes halogenated alkanes) is 16. The Balaban J connectivity index is 2.00. The highest BCUT2D eigenvalue weighted by molar-refractivity contribution is 5.86. The number of amides is 3. The van der Waals surface area contributed by atoms with Gasteiger partial charge in [0.2, 0.25) is 17.7 Å². The Morgan fingerprint density at radius 1 is 0.630 bits per heavy atom. The average Bonchev–Trinajstić information content (AvgIpc) is 3.04. The summed E-state index contributed by atoms with van der Waals surface area (Å²) in [4.78, 5) is 69.0. The average molecular weight is 652 g/mol. The lowest BCUT2D eigenvalue weighted by atomic mass is 9.81. The van der Waals surface area contributed by atoms with Crippen molar-refractivity contribution in [2.24, 2.45) is 11.8 Å². The molecule has 1 unspecified atom stereocenters. The fraction of sp³-hybridized carbons (Fsp3) is 0.829. The number of nitrogens with one attached hydrogen (secondary N) is 3. The number of carboxylic acid groups (broad SMARTS) is 2. The second-order valence-corrected chi connectivity index (χ2v) is 13.0. The van der Waals surface area contributed by atoms with Crippen LogP contribution in [0.2, 0.25) is 0 Å². The van der Waals surface area contributed by atoms with Crippen molar-refractivity contribution in [3.63, 3.8) is 0 Å². The molecule has 46 heavy (non-hydrogen) atoms. The third-order valence-corrected chi connectivity index (χ3v) is 8.99. The normalized spacial score (nSPS) is 16.7. The molecule has 1 fully saturated rings. The van der Waals surface area contributed by atoms with Gasteiger partial charge < -0.3 is 31.0 Å². The molecule has 0 saturated heterocycles. The van der Waals surface area contributed by atoms with Crippen LogP contribution in [0.25, 0.3) is 0 Å². The Morgan fingerprint density at radius 3 is 1.59 bits per heavy atom. The fourth-order valence-electron chi connectivity index (χ4n) is 6.05. The van der Waals surface area contributed by atoms with Gasteiger partial charge in [-0.3, -0.25) is 19.2 Å². The van der Waals surface area contributed by atoms with Gasteiger partial charge in [0.1, 0.15) is 18.9 Å². The molecule has 0 radical (unpaired) electrons. The second-order valence-electron chi connectivity index (χ2n) is 13.0. The van der Waals surface area contributed by atoms with Crippen LogP contribution in [0.3, 0.4) is 0 Å². The molecule has 3 amide bonds. The van der Waals surface area contributed by atoms with Crippen molar-refractivity contribution in [2.45, 2.75) is 160 Å². The first kappa shape index (κ1) is 41.0. The molecule has 0 aromatic heterocycles. The van der Waals surface area contributed by atoms with Crippen molar-refractivity contribution in [1.29, 1.82) is 0 Å². The SMILES string of the molecule is O=CCCCCCCCCCCCCCCCCCCC(=O)NCC1CCC(C(=O)NC(CCC(=O)NCC(=O)O)C(=O)O)CC1. The monoisotopic (exact) mass is 651 g/mol. The summed E-state index contributed by atoms with van der Waals surface area (Å²) in [5.74, 6) is -3.29. The van der Waals surface area contributed by atoms with Crippen LogP contribution in [-0.4, -0.2) is 65.3 Å². The van der Waals surface area contributed by atoms with Gasteiger partial charge in [-0.2, -0.15) is 0 Å². The first-order chi connectivity index (χ1) is 22.2. The van der Waals surface area contributed by atoms with Crippen LogP contribution in [0.4, 0.5) is 0 Å². The van der Waals surface area contributed by atoms with Gasteiger partial charge in [0.25, 0.3) is 0 Å². The number of carbonyl (C=O) groups excluding carboxylic acids is 4. The maximum atomic E-state index is 12.7. The van der Waals surface area contributed by atoms with Crippen molar-refractivity contribution in [3.05, 3.63) is 0 Å². The Morgan fingerprint density at radius 2 is 1.11 bits per heavy atom. The Hall–Kier alpha value is -2.98. The number of hydrogen-bond acceptors (Lipinski definition) is 6. The van der Waals surface area contributed by atoms with Gasteiger partial charge in [-0.25, -0.2) is 4.79 Å². The molecule has 5 N–H and O–H groups in total. The van der Waals surface area contributed by atoms with E-state index in [0.717, 1.165) is 38.4 Å². The summed E-state index contributed by atoms with van der Waals surface area (Å²) < 4.78 is 0. The topological polar surface area (TPSA) is 179 Å². The fourth-order valence-corrected chi connectivity index (χ4v) is 6.05. The van der Waals surface area contributed by atoms with E-state index in [4.69, 9.17) is 5.11 Å². The highest BCUT2D eigenvalue weighted by Gasteiger charge is 2.29. The van der Waals surface area contributed by atoms with E-state index in [0.29, 0.717) is 38.1 Å². The summed E-state index contributed by atoms with van der Waals surface area (Å²) in [5.41, 5.74) is 0. The molecule has 1 rings (SSSR count). The maximum absolute atomic E-state index is 12.7. The van der Waals surface area contributed by atoms with Crippen LogP contribution in [0.15, 0.2) is 0 Å². The summed E-state index contributed by atoms with van der Waals surface area (Å²) in [6.45, 7) is 0.0561. The Bertz CT molecular complexity index is 889. The minimum absolute atomic E-state index is 0.0782. The second kappa shape index (κ2) is 27.2. The smallest absolute Gasteiger partial charge is 0.326 e. The first-order valence-corrected chi connectivity index (χ1v) is 17.9. The lowest BCUT2D eigenvalue weighted by molar-refractivity contribution is -0.143. The van der Waals surface area contributed by atoms with Crippen LogP contribution in [0.1, 0.15) is 154 Å². The lowest BCUT2D eigenvalue weighted by Crippen LogP contribution is -2.45. The van der Waals surface area contributed by atoms with Crippen molar-refractivity contribution >= 4 is 35.9 Å². The minimum Gasteiger partial charge on any atom is -0.480 e. The molecule has 11 nitrogen and oxygen atoms in total. The highest BCUT2D eigenvalue weighted by atomic mass is 16.4. The van der Waals surface area contributed by atoms with Crippen LogP contribution in [-0.2, 0) is 28.8 Å². The van der Waals surface area contributed by atoms with Crippen LogP contribution < -0.4 is 16.0 Å². The molecule has 1 aliphatic rings. The number of aliphatic carboxylic acids is 2. The highest BCUT2D eigenvalue weighted by Crippen LogP contribution is 2.29. The van der Waals surface area contributed by atoms with Gasteiger partial charge in [-0.05, 0) is 50.9 Å². The van der Waals surface area contributed by atoms with Crippen LogP contribution in [0, 0.1) is 11.8 Å².